The fourth-order valence-corrected chi connectivity index (χ4v) is 5.37. The topological polar surface area (TPSA) is 127 Å². The van der Waals surface area contributed by atoms with Gasteiger partial charge in [-0.25, -0.2) is 4.98 Å². The average molecular weight is 580 g/mol. The van der Waals surface area contributed by atoms with Gasteiger partial charge in [-0.2, -0.15) is 8.42 Å². The molecule has 3 aromatic rings. The number of hydrogen-bond acceptors (Lipinski definition) is 7. The highest BCUT2D eigenvalue weighted by molar-refractivity contribution is 7.85. The lowest BCUT2D eigenvalue weighted by atomic mass is 9.90. The van der Waals surface area contributed by atoms with Crippen molar-refractivity contribution >= 4 is 27.3 Å². The second-order valence-corrected chi connectivity index (χ2v) is 12.4. The number of aromatic nitrogens is 3. The minimum Gasteiger partial charge on any atom is -0.379 e. The standard InChI is InChI=1S/C29H33N5O2.CH4O3S/c1-20-16-25(18-31-28(20)22-4-7-26(8-5-22)33-12-14-36-15-13-33)32-29(35)24-10-11-34(19-24)27-9-6-23(17-30-27)21-2-3-21;1-5(2,3)4/h4,6,9-11,16-19,21,26H,2-3,5,7-8,12-15H2,1H3,(H,32,35);1H3,(H,2,3,4). The molecule has 2 fully saturated rings. The van der Waals surface area contributed by atoms with Crippen molar-refractivity contribution in [2.45, 2.75) is 51.0 Å². The highest BCUT2D eigenvalue weighted by atomic mass is 32.2. The summed E-state index contributed by atoms with van der Waals surface area (Å²) in [6.45, 7) is 5.82. The third-order valence-corrected chi connectivity index (χ3v) is 7.62. The number of pyridine rings is 2. The van der Waals surface area contributed by atoms with Crippen LogP contribution in [-0.2, 0) is 14.9 Å². The number of carbonyl (C=O) groups excluding carboxylic acids is 1. The van der Waals surface area contributed by atoms with Crippen molar-refractivity contribution in [2.75, 3.05) is 37.9 Å². The van der Waals surface area contributed by atoms with E-state index in [1.165, 1.54) is 24.0 Å². The summed E-state index contributed by atoms with van der Waals surface area (Å²) in [5.41, 5.74) is 6.04. The Hall–Kier alpha value is -3.38. The molecule has 2 N–H and O–H groups in total. The smallest absolute Gasteiger partial charge is 0.261 e. The molecule has 0 aromatic carbocycles. The number of ether oxygens (including phenoxy) is 1. The van der Waals surface area contributed by atoms with E-state index in [1.807, 2.05) is 41.4 Å². The lowest BCUT2D eigenvalue weighted by molar-refractivity contribution is 0.0150. The van der Waals surface area contributed by atoms with Crippen LogP contribution >= 0.6 is 0 Å². The van der Waals surface area contributed by atoms with E-state index in [0.29, 0.717) is 29.5 Å². The highest BCUT2D eigenvalue weighted by Crippen LogP contribution is 2.39. The molecule has 1 saturated carbocycles. The summed E-state index contributed by atoms with van der Waals surface area (Å²) in [7, 11) is -3.67. The van der Waals surface area contributed by atoms with Gasteiger partial charge in [0.2, 0.25) is 0 Å². The van der Waals surface area contributed by atoms with Gasteiger partial charge in [0.15, 0.2) is 0 Å². The minimum absolute atomic E-state index is 0.150. The molecule has 1 unspecified atom stereocenters. The second kappa shape index (κ2) is 12.6. The number of anilines is 1. The number of aryl methyl sites for hydroxylation is 1. The van der Waals surface area contributed by atoms with Crippen molar-refractivity contribution in [2.24, 2.45) is 0 Å². The number of morpholine rings is 1. The molecule has 6 rings (SSSR count). The first kappa shape index (κ1) is 29.1. The second-order valence-electron chi connectivity index (χ2n) is 10.9. The molecule has 11 heteroatoms. The Balaban J connectivity index is 0.000000623. The fraction of sp³-hybridized carbons (Fsp3) is 0.433. The Bertz CT molecular complexity index is 1500. The lowest BCUT2D eigenvalue weighted by Gasteiger charge is -2.36. The monoisotopic (exact) mass is 579 g/mol. The number of nitrogens with zero attached hydrogens (tertiary/aromatic N) is 4. The Kier molecular flexibility index (Phi) is 8.98. The maximum atomic E-state index is 12.9. The molecule has 3 aliphatic rings. The van der Waals surface area contributed by atoms with E-state index in [9.17, 15) is 13.2 Å². The van der Waals surface area contributed by atoms with Crippen LogP contribution in [0.25, 0.3) is 11.4 Å². The number of allylic oxidation sites excluding steroid dienone is 1. The minimum atomic E-state index is -3.67. The maximum Gasteiger partial charge on any atom is 0.261 e. The van der Waals surface area contributed by atoms with Crippen LogP contribution in [0.2, 0.25) is 0 Å². The first-order valence-electron chi connectivity index (χ1n) is 14.0. The molecular formula is C30H37N5O5S. The van der Waals surface area contributed by atoms with Gasteiger partial charge < -0.3 is 14.6 Å². The van der Waals surface area contributed by atoms with Crippen molar-refractivity contribution < 1.29 is 22.5 Å². The van der Waals surface area contributed by atoms with Crippen LogP contribution in [0.4, 0.5) is 5.69 Å². The first-order valence-corrected chi connectivity index (χ1v) is 15.8. The Morgan fingerprint density at radius 1 is 1.10 bits per heavy atom. The Morgan fingerprint density at radius 2 is 1.85 bits per heavy atom. The molecule has 0 radical (unpaired) electrons. The van der Waals surface area contributed by atoms with E-state index < -0.39 is 10.1 Å². The van der Waals surface area contributed by atoms with Crippen LogP contribution in [-0.4, -0.2) is 76.9 Å². The van der Waals surface area contributed by atoms with Crippen molar-refractivity contribution in [1.29, 1.82) is 0 Å². The van der Waals surface area contributed by atoms with Crippen molar-refractivity contribution in [1.82, 2.24) is 19.4 Å². The maximum absolute atomic E-state index is 12.9. The summed E-state index contributed by atoms with van der Waals surface area (Å²) < 4.78 is 33.3. The molecule has 1 aliphatic heterocycles. The first-order chi connectivity index (χ1) is 19.6. The molecular weight excluding hydrogens is 542 g/mol. The van der Waals surface area contributed by atoms with Crippen molar-refractivity contribution in [3.8, 4) is 5.82 Å². The van der Waals surface area contributed by atoms with Gasteiger partial charge in [0.25, 0.3) is 16.0 Å². The van der Waals surface area contributed by atoms with E-state index in [2.05, 4.69) is 34.3 Å². The number of nitrogens with one attached hydrogen (secondary N) is 1. The molecule has 218 valence electrons. The molecule has 0 spiro atoms. The van der Waals surface area contributed by atoms with Gasteiger partial charge in [0.1, 0.15) is 5.82 Å². The quantitative estimate of drug-likeness (QED) is 0.410. The van der Waals surface area contributed by atoms with Gasteiger partial charge in [0, 0.05) is 37.7 Å². The molecule has 10 nitrogen and oxygen atoms in total. The van der Waals surface area contributed by atoms with E-state index in [-0.39, 0.29) is 5.91 Å². The lowest BCUT2D eigenvalue weighted by Crippen LogP contribution is -2.43. The molecule has 1 saturated heterocycles. The molecule has 2 aliphatic carbocycles. The van der Waals surface area contributed by atoms with Gasteiger partial charge in [-0.1, -0.05) is 12.1 Å². The van der Waals surface area contributed by atoms with Gasteiger partial charge in [-0.05, 0) is 79.8 Å². The molecule has 41 heavy (non-hydrogen) atoms. The predicted molar refractivity (Wildman–Crippen MR) is 158 cm³/mol. The Labute approximate surface area is 241 Å². The molecule has 1 atom stereocenters. The van der Waals surface area contributed by atoms with E-state index in [1.54, 1.807) is 6.20 Å². The van der Waals surface area contributed by atoms with E-state index in [4.69, 9.17) is 14.3 Å². The zero-order chi connectivity index (χ0) is 29.0. The molecule has 3 aromatic heterocycles. The number of rotatable bonds is 6. The van der Waals surface area contributed by atoms with Crippen molar-refractivity contribution in [3.63, 3.8) is 0 Å². The van der Waals surface area contributed by atoms with Crippen LogP contribution in [0, 0.1) is 6.92 Å². The molecule has 4 heterocycles. The van der Waals surface area contributed by atoms with Gasteiger partial charge in [0.05, 0.1) is 42.6 Å². The molecule has 1 amide bonds. The SMILES string of the molecule is CS(=O)(=O)O.Cc1cc(NC(=O)c2ccn(-c3ccc(C4CC4)cn3)c2)cnc1C1=CCC(N2CCOCC2)CC1. The highest BCUT2D eigenvalue weighted by Gasteiger charge is 2.25. The van der Waals surface area contributed by atoms with Crippen LogP contribution in [0.1, 0.15) is 65.2 Å². The average Bonchev–Trinajstić information content (AvgIpc) is 3.69. The summed E-state index contributed by atoms with van der Waals surface area (Å²) in [5.74, 6) is 1.35. The van der Waals surface area contributed by atoms with Crippen LogP contribution in [0.5, 0.6) is 0 Å². The van der Waals surface area contributed by atoms with Gasteiger partial charge >= 0.3 is 0 Å². The van der Waals surface area contributed by atoms with E-state index >= 15 is 0 Å². The predicted octanol–water partition coefficient (Wildman–Crippen LogP) is 4.48. The normalized spacial score (nSPS) is 19.6. The van der Waals surface area contributed by atoms with Gasteiger partial charge in [-0.3, -0.25) is 19.2 Å². The summed E-state index contributed by atoms with van der Waals surface area (Å²) >= 11 is 0. The molecule has 0 bridgehead atoms. The summed E-state index contributed by atoms with van der Waals surface area (Å²) in [5, 5.41) is 3.00. The van der Waals surface area contributed by atoms with Crippen molar-refractivity contribution in [3.05, 3.63) is 77.5 Å². The van der Waals surface area contributed by atoms with Crippen LogP contribution < -0.4 is 5.32 Å². The fourth-order valence-electron chi connectivity index (χ4n) is 5.37. The summed E-state index contributed by atoms with van der Waals surface area (Å²) in [6, 6.07) is 8.60. The number of carbonyl (C=O) groups is 1. The number of amides is 1. The largest absolute Gasteiger partial charge is 0.379 e. The summed E-state index contributed by atoms with van der Waals surface area (Å²) in [4.78, 5) is 24.8. The van der Waals surface area contributed by atoms with Crippen LogP contribution in [0.3, 0.4) is 0 Å². The third-order valence-electron chi connectivity index (χ3n) is 7.62. The Morgan fingerprint density at radius 3 is 2.46 bits per heavy atom. The van der Waals surface area contributed by atoms with Gasteiger partial charge in [-0.15, -0.1) is 0 Å². The zero-order valence-electron chi connectivity index (χ0n) is 23.5. The third kappa shape index (κ3) is 8.10. The summed E-state index contributed by atoms with van der Waals surface area (Å²) in [6.07, 6.45) is 16.3. The van der Waals surface area contributed by atoms with E-state index in [0.717, 1.165) is 62.6 Å². The van der Waals surface area contributed by atoms with Crippen LogP contribution in [0.15, 0.2) is 55.1 Å². The number of hydrogen-bond donors (Lipinski definition) is 2. The zero-order valence-corrected chi connectivity index (χ0v) is 24.3.